The molecule has 0 saturated heterocycles. The summed E-state index contributed by atoms with van der Waals surface area (Å²) >= 11 is 0. The normalized spacial score (nSPS) is 13.0. The van der Waals surface area contributed by atoms with Gasteiger partial charge in [-0.3, -0.25) is 9.36 Å². The molecule has 0 amide bonds. The van der Waals surface area contributed by atoms with E-state index in [1.165, 1.54) is 0 Å². The zero-order valence-electron chi connectivity index (χ0n) is 10.6. The molecule has 19 heavy (non-hydrogen) atoms. The van der Waals surface area contributed by atoms with Crippen LogP contribution in [0.5, 0.6) is 0 Å². The van der Waals surface area contributed by atoms with Gasteiger partial charge >= 0.3 is 0 Å². The molecule has 0 radical (unpaired) electrons. The highest BCUT2D eigenvalue weighted by molar-refractivity contribution is 5.56. The molecular formula is C16H14N2O. The predicted octanol–water partition coefficient (Wildman–Crippen LogP) is 2.03. The van der Waals surface area contributed by atoms with Crippen LogP contribution in [0.2, 0.25) is 0 Å². The van der Waals surface area contributed by atoms with Gasteiger partial charge in [0.05, 0.1) is 12.2 Å². The summed E-state index contributed by atoms with van der Waals surface area (Å²) in [6.07, 6.45) is 8.10. The number of hydrogen-bond donors (Lipinski definition) is 0. The van der Waals surface area contributed by atoms with Crippen molar-refractivity contribution in [1.29, 1.82) is 0 Å². The number of rotatable bonds is 2. The van der Waals surface area contributed by atoms with Crippen LogP contribution in [0.4, 0.5) is 0 Å². The molecule has 0 unspecified atom stereocenters. The summed E-state index contributed by atoms with van der Waals surface area (Å²) in [6.45, 7) is 0.267. The van der Waals surface area contributed by atoms with Crippen LogP contribution in [0.1, 0.15) is 17.7 Å². The Morgan fingerprint density at radius 2 is 2.05 bits per heavy atom. The average Bonchev–Trinajstić information content (AvgIpc) is 2.91. The number of benzene rings is 1. The number of aromatic nitrogens is 2. The Kier molecular flexibility index (Phi) is 2.92. The van der Waals surface area contributed by atoms with Crippen molar-refractivity contribution in [3.8, 4) is 23.7 Å². The van der Waals surface area contributed by atoms with Crippen molar-refractivity contribution >= 4 is 0 Å². The molecule has 0 fully saturated rings. The van der Waals surface area contributed by atoms with E-state index >= 15 is 0 Å². The standard InChI is InChI=1S/C16H14N2O/c1-2-11-18-15(12-7-4-3-5-8-12)17-14-10-6-9-13(14)16(18)19/h1,3-5,7-8H,6,9-11H2. The second kappa shape index (κ2) is 4.74. The van der Waals surface area contributed by atoms with E-state index in [9.17, 15) is 4.79 Å². The van der Waals surface area contributed by atoms with Crippen LogP contribution in [0.3, 0.4) is 0 Å². The lowest BCUT2D eigenvalue weighted by Crippen LogP contribution is -2.26. The first-order valence-corrected chi connectivity index (χ1v) is 6.42. The summed E-state index contributed by atoms with van der Waals surface area (Å²) in [7, 11) is 0. The Balaban J connectivity index is 2.27. The smallest absolute Gasteiger partial charge is 0.258 e. The van der Waals surface area contributed by atoms with Crippen LogP contribution in [0.15, 0.2) is 35.1 Å². The molecule has 2 aromatic rings. The summed E-state index contributed by atoms with van der Waals surface area (Å²) in [6, 6.07) is 9.73. The predicted molar refractivity (Wildman–Crippen MR) is 74.8 cm³/mol. The zero-order valence-corrected chi connectivity index (χ0v) is 10.6. The molecular weight excluding hydrogens is 236 g/mol. The Bertz CT molecular complexity index is 708. The molecule has 1 aromatic carbocycles. The maximum atomic E-state index is 12.5. The largest absolute Gasteiger partial charge is 0.281 e. The fourth-order valence-corrected chi connectivity index (χ4v) is 2.57. The van der Waals surface area contributed by atoms with E-state index in [1.54, 1.807) is 4.57 Å². The van der Waals surface area contributed by atoms with Crippen LogP contribution in [-0.4, -0.2) is 9.55 Å². The second-order valence-corrected chi connectivity index (χ2v) is 4.68. The highest BCUT2D eigenvalue weighted by Gasteiger charge is 2.20. The minimum absolute atomic E-state index is 0.0271. The van der Waals surface area contributed by atoms with Crippen molar-refractivity contribution in [3.05, 3.63) is 51.9 Å². The molecule has 0 aliphatic heterocycles. The van der Waals surface area contributed by atoms with Crippen molar-refractivity contribution in [1.82, 2.24) is 9.55 Å². The highest BCUT2D eigenvalue weighted by atomic mass is 16.1. The van der Waals surface area contributed by atoms with Crippen molar-refractivity contribution < 1.29 is 0 Å². The molecule has 0 N–H and O–H groups in total. The Labute approximate surface area is 111 Å². The van der Waals surface area contributed by atoms with E-state index in [4.69, 9.17) is 6.42 Å². The molecule has 3 heteroatoms. The van der Waals surface area contributed by atoms with Gasteiger partial charge in [-0.1, -0.05) is 36.3 Å². The van der Waals surface area contributed by atoms with Gasteiger partial charge in [0.1, 0.15) is 5.82 Å². The summed E-state index contributed by atoms with van der Waals surface area (Å²) < 4.78 is 1.61. The Morgan fingerprint density at radius 3 is 2.79 bits per heavy atom. The van der Waals surface area contributed by atoms with Gasteiger partial charge in [-0.05, 0) is 19.3 Å². The monoisotopic (exact) mass is 250 g/mol. The summed E-state index contributed by atoms with van der Waals surface area (Å²) in [4.78, 5) is 17.1. The first kappa shape index (κ1) is 11.7. The molecule has 0 bridgehead atoms. The summed E-state index contributed by atoms with van der Waals surface area (Å²) in [5.74, 6) is 3.23. The second-order valence-electron chi connectivity index (χ2n) is 4.68. The molecule has 3 rings (SSSR count). The van der Waals surface area contributed by atoms with Gasteiger partial charge in [0.25, 0.3) is 5.56 Å². The zero-order chi connectivity index (χ0) is 13.2. The summed E-state index contributed by atoms with van der Waals surface area (Å²) in [5.41, 5.74) is 2.75. The van der Waals surface area contributed by atoms with Crippen molar-refractivity contribution in [3.63, 3.8) is 0 Å². The van der Waals surface area contributed by atoms with Gasteiger partial charge < -0.3 is 0 Å². The maximum Gasteiger partial charge on any atom is 0.258 e. The lowest BCUT2D eigenvalue weighted by Gasteiger charge is -2.12. The first-order chi connectivity index (χ1) is 9.31. The lowest BCUT2D eigenvalue weighted by molar-refractivity contribution is 0.763. The molecule has 3 nitrogen and oxygen atoms in total. The van der Waals surface area contributed by atoms with E-state index in [0.29, 0.717) is 5.82 Å². The number of terminal acetylenes is 1. The van der Waals surface area contributed by atoms with Gasteiger partial charge in [0.15, 0.2) is 0 Å². The molecule has 1 heterocycles. The van der Waals surface area contributed by atoms with E-state index < -0.39 is 0 Å². The molecule has 94 valence electrons. The molecule has 0 saturated carbocycles. The minimum Gasteiger partial charge on any atom is -0.281 e. The maximum absolute atomic E-state index is 12.5. The Morgan fingerprint density at radius 1 is 1.26 bits per heavy atom. The van der Waals surface area contributed by atoms with E-state index in [0.717, 1.165) is 36.1 Å². The van der Waals surface area contributed by atoms with Crippen molar-refractivity contribution in [2.45, 2.75) is 25.8 Å². The molecule has 1 aliphatic rings. The number of hydrogen-bond acceptors (Lipinski definition) is 2. The lowest BCUT2D eigenvalue weighted by atomic mass is 10.2. The van der Waals surface area contributed by atoms with Crippen molar-refractivity contribution in [2.75, 3.05) is 0 Å². The quantitative estimate of drug-likeness (QED) is 0.764. The van der Waals surface area contributed by atoms with Crippen LogP contribution in [0.25, 0.3) is 11.4 Å². The van der Waals surface area contributed by atoms with Gasteiger partial charge in [0.2, 0.25) is 0 Å². The molecule has 1 aliphatic carbocycles. The van der Waals surface area contributed by atoms with E-state index in [2.05, 4.69) is 10.9 Å². The van der Waals surface area contributed by atoms with Crippen LogP contribution >= 0.6 is 0 Å². The van der Waals surface area contributed by atoms with Crippen LogP contribution in [-0.2, 0) is 19.4 Å². The number of aryl methyl sites for hydroxylation is 1. The summed E-state index contributed by atoms with van der Waals surface area (Å²) in [5, 5.41) is 0. The van der Waals surface area contributed by atoms with Crippen molar-refractivity contribution in [2.24, 2.45) is 0 Å². The third kappa shape index (κ3) is 1.96. The molecule has 0 atom stereocenters. The number of nitrogens with zero attached hydrogens (tertiary/aromatic N) is 2. The first-order valence-electron chi connectivity index (χ1n) is 6.42. The van der Waals surface area contributed by atoms with Crippen LogP contribution < -0.4 is 5.56 Å². The van der Waals surface area contributed by atoms with E-state index in [-0.39, 0.29) is 12.1 Å². The Hall–Kier alpha value is -2.34. The minimum atomic E-state index is 0.0271. The SMILES string of the molecule is C#CCn1c(-c2ccccc2)nc2c(c1=O)CCC2. The number of fused-ring (bicyclic) bond motifs is 1. The van der Waals surface area contributed by atoms with Gasteiger partial charge in [-0.15, -0.1) is 6.42 Å². The highest BCUT2D eigenvalue weighted by Crippen LogP contribution is 2.21. The average molecular weight is 250 g/mol. The topological polar surface area (TPSA) is 34.9 Å². The molecule has 1 aromatic heterocycles. The fraction of sp³-hybridized carbons (Fsp3) is 0.250. The fourth-order valence-electron chi connectivity index (χ4n) is 2.57. The van der Waals surface area contributed by atoms with Gasteiger partial charge in [-0.25, -0.2) is 4.98 Å². The van der Waals surface area contributed by atoms with Crippen LogP contribution in [0, 0.1) is 12.3 Å². The molecule has 0 spiro atoms. The van der Waals surface area contributed by atoms with Gasteiger partial charge in [0, 0.05) is 11.1 Å². The van der Waals surface area contributed by atoms with Gasteiger partial charge in [-0.2, -0.15) is 0 Å². The van der Waals surface area contributed by atoms with E-state index in [1.807, 2.05) is 30.3 Å². The third-order valence-electron chi connectivity index (χ3n) is 3.47. The third-order valence-corrected chi connectivity index (χ3v) is 3.47.